The van der Waals surface area contributed by atoms with E-state index in [1.165, 1.54) is 244 Å². The molecule has 0 aliphatic rings. The summed E-state index contributed by atoms with van der Waals surface area (Å²) in [6.07, 6.45) is 64.3. The second kappa shape index (κ2) is 73.0. The third-order valence-corrected chi connectivity index (χ3v) is 20.7. The zero-order valence-corrected chi connectivity index (χ0v) is 66.4. The van der Waals surface area contributed by atoms with Crippen LogP contribution in [0.3, 0.4) is 0 Å². The topological polar surface area (TPSA) is 237 Å². The SMILES string of the molecule is CCCCCCCCCCCCCCCCCCCCCCC(=O)O[C@H](COC(=O)CCCCCCCCCCCCCCCCCC(C)C)COP(=O)(O)OC[C@@H](O)COP(=O)(O)OC[C@@H](COC(=O)CCCCCCC)OC(=O)CCCCCCCCCCCCCCCCCC. The fourth-order valence-corrected chi connectivity index (χ4v) is 14.0. The average molecular weight is 1450 g/mol. The van der Waals surface area contributed by atoms with Crippen LogP contribution in [0.15, 0.2) is 0 Å². The summed E-state index contributed by atoms with van der Waals surface area (Å²) in [5.41, 5.74) is 0. The maximum atomic E-state index is 13.1. The molecule has 0 aliphatic heterocycles. The highest BCUT2D eigenvalue weighted by molar-refractivity contribution is 7.47. The minimum Gasteiger partial charge on any atom is -0.462 e. The van der Waals surface area contributed by atoms with Gasteiger partial charge in [0, 0.05) is 25.7 Å². The van der Waals surface area contributed by atoms with Gasteiger partial charge in [0.15, 0.2) is 12.2 Å². The van der Waals surface area contributed by atoms with Crippen LogP contribution in [0.1, 0.15) is 426 Å². The normalized spacial score (nSPS) is 13.9. The highest BCUT2D eigenvalue weighted by atomic mass is 31.2. The molecular formula is C80H156O17P2. The molecule has 17 nitrogen and oxygen atoms in total. The zero-order valence-electron chi connectivity index (χ0n) is 64.6. The van der Waals surface area contributed by atoms with Gasteiger partial charge in [-0.3, -0.25) is 37.3 Å². The van der Waals surface area contributed by atoms with Crippen molar-refractivity contribution >= 4 is 39.5 Å². The Morgan fingerprint density at radius 3 is 0.687 bits per heavy atom. The number of unbranched alkanes of at least 4 members (excludes halogenated alkanes) is 52. The van der Waals surface area contributed by atoms with E-state index in [1.807, 2.05) is 0 Å². The average Bonchev–Trinajstić information content (AvgIpc) is 1.07. The molecule has 3 N–H and O–H groups in total. The first-order valence-corrected chi connectivity index (χ1v) is 44.6. The number of aliphatic hydroxyl groups excluding tert-OH is 1. The summed E-state index contributed by atoms with van der Waals surface area (Å²) in [7, 11) is -9.91. The molecule has 0 radical (unpaired) electrons. The summed E-state index contributed by atoms with van der Waals surface area (Å²) in [5, 5.41) is 10.6. The molecule has 0 bridgehead atoms. The second-order valence-electron chi connectivity index (χ2n) is 29.3. The minimum atomic E-state index is -4.96. The predicted molar refractivity (Wildman–Crippen MR) is 405 cm³/mol. The van der Waals surface area contributed by atoms with E-state index in [0.29, 0.717) is 25.7 Å². The molecule has 5 atom stereocenters. The van der Waals surface area contributed by atoms with Crippen molar-refractivity contribution in [3.63, 3.8) is 0 Å². The largest absolute Gasteiger partial charge is 0.472 e. The lowest BCUT2D eigenvalue weighted by Gasteiger charge is -2.21. The van der Waals surface area contributed by atoms with E-state index in [2.05, 4.69) is 34.6 Å². The fourth-order valence-electron chi connectivity index (χ4n) is 12.4. The summed E-state index contributed by atoms with van der Waals surface area (Å²) < 4.78 is 68.5. The molecule has 0 heterocycles. The fraction of sp³-hybridized carbons (Fsp3) is 0.950. The molecule has 0 saturated carbocycles. The van der Waals surface area contributed by atoms with E-state index in [-0.39, 0.29) is 25.7 Å². The first-order chi connectivity index (χ1) is 48.0. The van der Waals surface area contributed by atoms with Crippen molar-refractivity contribution in [2.24, 2.45) is 5.92 Å². The molecular weight excluding hydrogens is 1290 g/mol. The number of esters is 4. The van der Waals surface area contributed by atoms with E-state index in [9.17, 15) is 43.2 Å². The predicted octanol–water partition coefficient (Wildman–Crippen LogP) is 24.0. The Hall–Kier alpha value is -1.94. The Morgan fingerprint density at radius 2 is 0.465 bits per heavy atom. The number of phosphoric acid groups is 2. The third-order valence-electron chi connectivity index (χ3n) is 18.8. The van der Waals surface area contributed by atoms with Crippen molar-refractivity contribution in [2.45, 2.75) is 445 Å². The lowest BCUT2D eigenvalue weighted by molar-refractivity contribution is -0.161. The van der Waals surface area contributed by atoms with Gasteiger partial charge in [-0.25, -0.2) is 9.13 Å². The number of carbonyl (C=O) groups is 4. The molecule has 0 fully saturated rings. The lowest BCUT2D eigenvalue weighted by Crippen LogP contribution is -2.30. The summed E-state index contributed by atoms with van der Waals surface area (Å²) in [4.78, 5) is 72.7. The van der Waals surface area contributed by atoms with Gasteiger partial charge < -0.3 is 33.8 Å². The molecule has 0 saturated heterocycles. The Balaban J connectivity index is 5.12. The van der Waals surface area contributed by atoms with Gasteiger partial charge in [-0.2, -0.15) is 0 Å². The van der Waals surface area contributed by atoms with Gasteiger partial charge in [0.2, 0.25) is 0 Å². The van der Waals surface area contributed by atoms with E-state index >= 15 is 0 Å². The summed E-state index contributed by atoms with van der Waals surface area (Å²) in [6.45, 7) is 7.27. The van der Waals surface area contributed by atoms with Crippen LogP contribution in [0.25, 0.3) is 0 Å². The molecule has 0 aromatic rings. The van der Waals surface area contributed by atoms with Gasteiger partial charge in [0.1, 0.15) is 19.3 Å². The van der Waals surface area contributed by atoms with Gasteiger partial charge in [-0.15, -0.1) is 0 Å². The minimum absolute atomic E-state index is 0.108. The Morgan fingerprint density at radius 1 is 0.273 bits per heavy atom. The van der Waals surface area contributed by atoms with Crippen LogP contribution < -0.4 is 0 Å². The highest BCUT2D eigenvalue weighted by Gasteiger charge is 2.30. The van der Waals surface area contributed by atoms with Crippen molar-refractivity contribution < 1.29 is 80.2 Å². The maximum absolute atomic E-state index is 13.1. The van der Waals surface area contributed by atoms with Crippen LogP contribution >= 0.6 is 15.6 Å². The lowest BCUT2D eigenvalue weighted by atomic mass is 10.0. The number of rotatable bonds is 80. The molecule has 19 heteroatoms. The van der Waals surface area contributed by atoms with Crippen LogP contribution in [0.5, 0.6) is 0 Å². The number of phosphoric ester groups is 2. The molecule has 0 aromatic carbocycles. The summed E-state index contributed by atoms with van der Waals surface area (Å²) in [6, 6.07) is 0. The summed E-state index contributed by atoms with van der Waals surface area (Å²) >= 11 is 0. The molecule has 0 aromatic heterocycles. The second-order valence-corrected chi connectivity index (χ2v) is 32.2. The zero-order chi connectivity index (χ0) is 72.7. The number of carbonyl (C=O) groups excluding carboxylic acids is 4. The van der Waals surface area contributed by atoms with E-state index in [4.69, 9.17) is 37.0 Å². The first kappa shape index (κ1) is 97.1. The van der Waals surface area contributed by atoms with E-state index < -0.39 is 97.5 Å². The van der Waals surface area contributed by atoms with Crippen LogP contribution in [0.4, 0.5) is 0 Å². The highest BCUT2D eigenvalue weighted by Crippen LogP contribution is 2.45. The van der Waals surface area contributed by atoms with Crippen molar-refractivity contribution in [2.75, 3.05) is 39.6 Å². The number of hydrogen-bond donors (Lipinski definition) is 3. The molecule has 0 amide bonds. The van der Waals surface area contributed by atoms with Crippen molar-refractivity contribution in [1.29, 1.82) is 0 Å². The van der Waals surface area contributed by atoms with Crippen LogP contribution in [-0.2, 0) is 65.4 Å². The molecule has 588 valence electrons. The molecule has 99 heavy (non-hydrogen) atoms. The molecule has 2 unspecified atom stereocenters. The molecule has 0 rings (SSSR count). The van der Waals surface area contributed by atoms with Crippen molar-refractivity contribution in [1.82, 2.24) is 0 Å². The van der Waals surface area contributed by atoms with Gasteiger partial charge in [0.25, 0.3) is 0 Å². The van der Waals surface area contributed by atoms with Gasteiger partial charge in [0.05, 0.1) is 26.4 Å². The standard InChI is InChI=1S/C80H156O17P2/c1-6-9-12-15-17-19-21-23-25-27-28-29-30-34-39-43-47-51-56-61-66-80(85)97-76(70-91-78(83)64-59-54-49-45-41-37-35-31-32-36-40-44-48-53-57-62-73(4)5)72-95-99(88,89)93-68-74(81)67-92-98(86,87)94-71-75(69-90-77(82)63-58-52-14-11-8-3)96-79(84)65-60-55-50-46-42-38-33-26-24-22-20-18-16-13-10-7-2/h73-76,81H,6-72H2,1-5H3,(H,86,87)(H,88,89)/t74-,75+,76+/m0/s1. The quantitative estimate of drug-likeness (QED) is 0.0222. The number of aliphatic hydroxyl groups is 1. The van der Waals surface area contributed by atoms with Crippen molar-refractivity contribution in [3.05, 3.63) is 0 Å². The van der Waals surface area contributed by atoms with Crippen LogP contribution in [0.2, 0.25) is 0 Å². The third kappa shape index (κ3) is 74.1. The molecule has 0 aliphatic carbocycles. The Bertz CT molecular complexity index is 1890. The van der Waals surface area contributed by atoms with Crippen molar-refractivity contribution in [3.8, 4) is 0 Å². The van der Waals surface area contributed by atoms with Gasteiger partial charge in [-0.1, -0.05) is 375 Å². The van der Waals surface area contributed by atoms with Crippen LogP contribution in [-0.4, -0.2) is 96.7 Å². The van der Waals surface area contributed by atoms with Gasteiger partial charge >= 0.3 is 39.5 Å². The molecule has 0 spiro atoms. The van der Waals surface area contributed by atoms with Crippen LogP contribution in [0, 0.1) is 5.92 Å². The monoisotopic (exact) mass is 1450 g/mol. The Labute approximate surface area is 607 Å². The first-order valence-electron chi connectivity index (χ1n) is 41.6. The smallest absolute Gasteiger partial charge is 0.462 e. The Kier molecular flexibility index (Phi) is 71.6. The van der Waals surface area contributed by atoms with E-state index in [0.717, 1.165) is 102 Å². The summed E-state index contributed by atoms with van der Waals surface area (Å²) in [5.74, 6) is -1.31. The van der Waals surface area contributed by atoms with Gasteiger partial charge in [-0.05, 0) is 31.6 Å². The van der Waals surface area contributed by atoms with E-state index in [1.54, 1.807) is 0 Å². The number of hydrogen-bond acceptors (Lipinski definition) is 15. The maximum Gasteiger partial charge on any atom is 0.472 e. The number of ether oxygens (including phenoxy) is 4.